The Morgan fingerprint density at radius 1 is 1.25 bits per heavy atom. The molecule has 0 atom stereocenters. The Morgan fingerprint density at radius 2 is 1.88 bits per heavy atom. The fraction of sp³-hybridized carbons (Fsp3) is 0.250. The van der Waals surface area contributed by atoms with Gasteiger partial charge in [-0.3, -0.25) is 0 Å². The van der Waals surface area contributed by atoms with Gasteiger partial charge < -0.3 is 5.73 Å². The summed E-state index contributed by atoms with van der Waals surface area (Å²) < 4.78 is 2.81. The van der Waals surface area contributed by atoms with Crippen LogP contribution in [-0.4, -0.2) is 9.78 Å². The van der Waals surface area contributed by atoms with Gasteiger partial charge in [0.15, 0.2) is 0 Å². The quantitative estimate of drug-likeness (QED) is 0.916. The van der Waals surface area contributed by atoms with E-state index in [0.29, 0.717) is 5.92 Å². The van der Waals surface area contributed by atoms with E-state index in [-0.39, 0.29) is 0 Å². The minimum atomic E-state index is 0.393. The van der Waals surface area contributed by atoms with Gasteiger partial charge in [0.25, 0.3) is 0 Å². The number of hydrogen-bond donors (Lipinski definition) is 1. The SMILES string of the molecule is CC(C)c1cnn(-c2ccc(Br)cc2)c1N. The fourth-order valence-electron chi connectivity index (χ4n) is 1.60. The molecule has 0 amide bonds. The zero-order valence-corrected chi connectivity index (χ0v) is 10.9. The van der Waals surface area contributed by atoms with E-state index in [1.54, 1.807) is 4.68 Å². The lowest BCUT2D eigenvalue weighted by atomic mass is 10.1. The third-order valence-corrected chi connectivity index (χ3v) is 3.06. The number of nitrogen functional groups attached to an aromatic ring is 1. The molecule has 1 aromatic carbocycles. The van der Waals surface area contributed by atoms with E-state index in [2.05, 4.69) is 34.9 Å². The van der Waals surface area contributed by atoms with Gasteiger partial charge in [-0.05, 0) is 30.2 Å². The average Bonchev–Trinajstić information content (AvgIpc) is 2.61. The summed E-state index contributed by atoms with van der Waals surface area (Å²) >= 11 is 3.40. The van der Waals surface area contributed by atoms with Crippen molar-refractivity contribution in [3.05, 3.63) is 40.5 Å². The largest absolute Gasteiger partial charge is 0.383 e. The van der Waals surface area contributed by atoms with E-state index in [9.17, 15) is 0 Å². The maximum Gasteiger partial charge on any atom is 0.130 e. The van der Waals surface area contributed by atoms with Crippen LogP contribution in [0, 0.1) is 0 Å². The van der Waals surface area contributed by atoms with Crippen molar-refractivity contribution in [1.29, 1.82) is 0 Å². The summed E-state index contributed by atoms with van der Waals surface area (Å²) in [5.41, 5.74) is 8.13. The van der Waals surface area contributed by atoms with Crippen molar-refractivity contribution in [2.75, 3.05) is 5.73 Å². The molecule has 1 heterocycles. The molecule has 84 valence electrons. The van der Waals surface area contributed by atoms with Gasteiger partial charge in [-0.25, -0.2) is 4.68 Å². The van der Waals surface area contributed by atoms with Crippen LogP contribution in [-0.2, 0) is 0 Å². The van der Waals surface area contributed by atoms with Gasteiger partial charge in [-0.2, -0.15) is 5.10 Å². The second-order valence-electron chi connectivity index (χ2n) is 4.03. The molecular weight excluding hydrogens is 266 g/mol. The predicted octanol–water partition coefficient (Wildman–Crippen LogP) is 3.34. The standard InChI is InChI=1S/C12H14BrN3/c1-8(2)11-7-15-16(12(11)14)10-5-3-9(13)4-6-10/h3-8H,14H2,1-2H3. The number of anilines is 1. The van der Waals surface area contributed by atoms with Crippen LogP contribution in [0.2, 0.25) is 0 Å². The number of halogens is 1. The van der Waals surface area contributed by atoms with Gasteiger partial charge in [0, 0.05) is 10.0 Å². The smallest absolute Gasteiger partial charge is 0.130 e. The summed E-state index contributed by atoms with van der Waals surface area (Å²) in [5.74, 6) is 1.11. The second-order valence-corrected chi connectivity index (χ2v) is 4.94. The lowest BCUT2D eigenvalue weighted by molar-refractivity contribution is 0.867. The van der Waals surface area contributed by atoms with Gasteiger partial charge in [0.2, 0.25) is 0 Å². The highest BCUT2D eigenvalue weighted by atomic mass is 79.9. The number of aromatic nitrogens is 2. The van der Waals surface area contributed by atoms with Gasteiger partial charge in [0.1, 0.15) is 5.82 Å². The van der Waals surface area contributed by atoms with Gasteiger partial charge in [-0.1, -0.05) is 29.8 Å². The first-order valence-corrected chi connectivity index (χ1v) is 5.98. The Kier molecular flexibility index (Phi) is 3.01. The van der Waals surface area contributed by atoms with Crippen molar-refractivity contribution in [2.24, 2.45) is 0 Å². The monoisotopic (exact) mass is 279 g/mol. The molecule has 0 aliphatic rings. The molecule has 2 rings (SSSR count). The third-order valence-electron chi connectivity index (χ3n) is 2.53. The van der Waals surface area contributed by atoms with E-state index in [4.69, 9.17) is 5.73 Å². The molecule has 2 aromatic rings. The van der Waals surface area contributed by atoms with Crippen LogP contribution >= 0.6 is 15.9 Å². The summed E-state index contributed by atoms with van der Waals surface area (Å²) in [6.45, 7) is 4.22. The van der Waals surface area contributed by atoms with Gasteiger partial charge in [-0.15, -0.1) is 0 Å². The van der Waals surface area contributed by atoms with E-state index < -0.39 is 0 Å². The maximum atomic E-state index is 6.06. The van der Waals surface area contributed by atoms with Crippen molar-refractivity contribution in [3.63, 3.8) is 0 Å². The third kappa shape index (κ3) is 1.97. The Balaban J connectivity index is 2.45. The summed E-state index contributed by atoms with van der Waals surface area (Å²) in [4.78, 5) is 0. The molecule has 0 aliphatic carbocycles. The van der Waals surface area contributed by atoms with E-state index in [0.717, 1.165) is 21.5 Å². The zero-order valence-electron chi connectivity index (χ0n) is 9.31. The average molecular weight is 280 g/mol. The summed E-state index contributed by atoms with van der Waals surface area (Å²) in [5, 5.41) is 4.31. The normalized spacial score (nSPS) is 11.0. The van der Waals surface area contributed by atoms with E-state index in [1.807, 2.05) is 30.5 Å². The molecule has 0 saturated heterocycles. The molecule has 2 N–H and O–H groups in total. The zero-order chi connectivity index (χ0) is 11.7. The molecule has 16 heavy (non-hydrogen) atoms. The molecule has 0 unspecified atom stereocenters. The van der Waals surface area contributed by atoms with Crippen LogP contribution in [0.15, 0.2) is 34.9 Å². The Bertz CT molecular complexity index is 485. The number of hydrogen-bond acceptors (Lipinski definition) is 2. The molecular formula is C12H14BrN3. The number of nitrogens with zero attached hydrogens (tertiary/aromatic N) is 2. The highest BCUT2D eigenvalue weighted by Gasteiger charge is 2.11. The van der Waals surface area contributed by atoms with Crippen LogP contribution in [0.5, 0.6) is 0 Å². The molecule has 0 fully saturated rings. The molecule has 0 aliphatic heterocycles. The Labute approximate surface area is 103 Å². The highest BCUT2D eigenvalue weighted by Crippen LogP contribution is 2.24. The maximum absolute atomic E-state index is 6.06. The van der Waals surface area contributed by atoms with Crippen LogP contribution in [0.1, 0.15) is 25.3 Å². The molecule has 1 aromatic heterocycles. The van der Waals surface area contributed by atoms with Crippen molar-refractivity contribution in [2.45, 2.75) is 19.8 Å². The lowest BCUT2D eigenvalue weighted by Gasteiger charge is -2.06. The Morgan fingerprint density at radius 3 is 2.38 bits per heavy atom. The van der Waals surface area contributed by atoms with Gasteiger partial charge >= 0.3 is 0 Å². The number of benzene rings is 1. The number of rotatable bonds is 2. The van der Waals surface area contributed by atoms with Crippen molar-refractivity contribution < 1.29 is 0 Å². The minimum Gasteiger partial charge on any atom is -0.383 e. The summed E-state index contributed by atoms with van der Waals surface area (Å²) in [6, 6.07) is 7.92. The fourth-order valence-corrected chi connectivity index (χ4v) is 1.87. The van der Waals surface area contributed by atoms with Crippen molar-refractivity contribution >= 4 is 21.7 Å². The first kappa shape index (κ1) is 11.2. The van der Waals surface area contributed by atoms with Crippen molar-refractivity contribution in [3.8, 4) is 5.69 Å². The van der Waals surface area contributed by atoms with Gasteiger partial charge in [0.05, 0.1) is 11.9 Å². The van der Waals surface area contributed by atoms with E-state index >= 15 is 0 Å². The summed E-state index contributed by atoms with van der Waals surface area (Å²) in [7, 11) is 0. The molecule has 4 heteroatoms. The highest BCUT2D eigenvalue weighted by molar-refractivity contribution is 9.10. The van der Waals surface area contributed by atoms with Crippen LogP contribution in [0.25, 0.3) is 5.69 Å². The first-order valence-electron chi connectivity index (χ1n) is 5.19. The van der Waals surface area contributed by atoms with Crippen LogP contribution in [0.3, 0.4) is 0 Å². The van der Waals surface area contributed by atoms with Crippen LogP contribution < -0.4 is 5.73 Å². The molecule has 0 bridgehead atoms. The number of nitrogens with two attached hydrogens (primary N) is 1. The second kappa shape index (κ2) is 4.29. The lowest BCUT2D eigenvalue weighted by Crippen LogP contribution is -2.03. The minimum absolute atomic E-state index is 0.393. The predicted molar refractivity (Wildman–Crippen MR) is 69.8 cm³/mol. The van der Waals surface area contributed by atoms with Crippen LogP contribution in [0.4, 0.5) is 5.82 Å². The van der Waals surface area contributed by atoms with E-state index in [1.165, 1.54) is 0 Å². The molecule has 0 spiro atoms. The molecule has 0 radical (unpaired) electrons. The van der Waals surface area contributed by atoms with Crippen molar-refractivity contribution in [1.82, 2.24) is 9.78 Å². The molecule has 0 saturated carbocycles. The topological polar surface area (TPSA) is 43.8 Å². The first-order chi connectivity index (χ1) is 7.59. The Hall–Kier alpha value is -1.29. The summed E-state index contributed by atoms with van der Waals surface area (Å²) in [6.07, 6.45) is 1.84. The molecule has 3 nitrogen and oxygen atoms in total.